The van der Waals surface area contributed by atoms with Crippen LogP contribution in [0.25, 0.3) is 0 Å². The van der Waals surface area contributed by atoms with E-state index in [0.29, 0.717) is 6.54 Å². The quantitative estimate of drug-likeness (QED) is 0.665. The van der Waals surface area contributed by atoms with E-state index in [4.69, 9.17) is 11.6 Å². The number of rotatable bonds is 4. The molecule has 6 heteroatoms. The van der Waals surface area contributed by atoms with E-state index in [1.54, 1.807) is 0 Å². The minimum absolute atomic E-state index is 0.0835. The summed E-state index contributed by atoms with van der Waals surface area (Å²) in [5.41, 5.74) is -0.362. The van der Waals surface area contributed by atoms with Gasteiger partial charge in [0.2, 0.25) is 0 Å². The Bertz CT molecular complexity index is 446. The van der Waals surface area contributed by atoms with E-state index >= 15 is 0 Å². The first-order valence-corrected chi connectivity index (χ1v) is 5.52. The Balaban J connectivity index is 3.03. The molecule has 0 bridgehead atoms. The molecule has 0 radical (unpaired) electrons. The van der Waals surface area contributed by atoms with Crippen LogP contribution >= 0.6 is 11.6 Å². The number of nitro benzene ring substituents is 1. The maximum Gasteiger partial charge on any atom is 0.283 e. The molecule has 0 aliphatic heterocycles. The molecule has 0 unspecified atom stereocenters. The van der Waals surface area contributed by atoms with Crippen molar-refractivity contribution in [3.05, 3.63) is 38.9 Å². The summed E-state index contributed by atoms with van der Waals surface area (Å²) < 4.78 is 0. The number of carbonyl (C=O) groups excluding carboxylic acids is 1. The normalized spacial score (nSPS) is 10.4. The van der Waals surface area contributed by atoms with Gasteiger partial charge in [-0.05, 0) is 12.0 Å². The largest absolute Gasteiger partial charge is 0.352 e. The van der Waals surface area contributed by atoms with Crippen molar-refractivity contribution >= 4 is 23.2 Å². The molecule has 1 N–H and O–H groups in total. The molecular weight excluding hydrogens is 244 g/mol. The predicted octanol–water partition coefficient (Wildman–Crippen LogP) is 2.63. The van der Waals surface area contributed by atoms with Gasteiger partial charge in [0.05, 0.1) is 9.95 Å². The molecule has 1 aromatic rings. The second kappa shape index (κ2) is 5.63. The average Bonchev–Trinajstić information content (AvgIpc) is 2.25. The molecule has 0 saturated carbocycles. The van der Waals surface area contributed by atoms with Gasteiger partial charge in [-0.15, -0.1) is 0 Å². The molecule has 0 aromatic heterocycles. The second-order valence-corrected chi connectivity index (χ2v) is 4.40. The highest BCUT2D eigenvalue weighted by Gasteiger charge is 2.22. The van der Waals surface area contributed by atoms with Crippen molar-refractivity contribution in [3.8, 4) is 0 Å². The standard InChI is InChI=1S/C11H13ClN2O3/c1-7(2)6-13-11(15)10-8(12)4-3-5-9(10)14(16)17/h3-5,7H,6H2,1-2H3,(H,13,15). The molecule has 1 amide bonds. The summed E-state index contributed by atoms with van der Waals surface area (Å²) >= 11 is 5.82. The maximum absolute atomic E-state index is 11.8. The fraction of sp³-hybridized carbons (Fsp3) is 0.364. The predicted molar refractivity (Wildman–Crippen MR) is 65.3 cm³/mol. The van der Waals surface area contributed by atoms with Gasteiger partial charge in [-0.25, -0.2) is 0 Å². The van der Waals surface area contributed by atoms with Gasteiger partial charge in [0, 0.05) is 12.6 Å². The van der Waals surface area contributed by atoms with Gasteiger partial charge in [0.1, 0.15) is 5.56 Å². The number of amides is 1. The lowest BCUT2D eigenvalue weighted by Gasteiger charge is -2.08. The summed E-state index contributed by atoms with van der Waals surface area (Å²) in [6.45, 7) is 4.31. The first-order valence-electron chi connectivity index (χ1n) is 5.14. The van der Waals surface area contributed by atoms with Crippen LogP contribution in [0.1, 0.15) is 24.2 Å². The third-order valence-electron chi connectivity index (χ3n) is 2.09. The number of hydrogen-bond donors (Lipinski definition) is 1. The van der Waals surface area contributed by atoms with Crippen LogP contribution in [-0.2, 0) is 0 Å². The fourth-order valence-electron chi connectivity index (χ4n) is 1.27. The minimum atomic E-state index is -0.615. The zero-order valence-electron chi connectivity index (χ0n) is 9.57. The highest BCUT2D eigenvalue weighted by molar-refractivity contribution is 6.34. The summed E-state index contributed by atoms with van der Waals surface area (Å²) in [6, 6.07) is 4.16. The minimum Gasteiger partial charge on any atom is -0.352 e. The van der Waals surface area contributed by atoms with Gasteiger partial charge in [-0.3, -0.25) is 14.9 Å². The Morgan fingerprint density at radius 3 is 2.71 bits per heavy atom. The Labute approximate surface area is 104 Å². The monoisotopic (exact) mass is 256 g/mol. The van der Waals surface area contributed by atoms with Gasteiger partial charge in [-0.2, -0.15) is 0 Å². The third kappa shape index (κ3) is 3.42. The summed E-state index contributed by atoms with van der Waals surface area (Å²) in [7, 11) is 0. The molecule has 0 atom stereocenters. The van der Waals surface area contributed by atoms with Crippen molar-refractivity contribution in [2.45, 2.75) is 13.8 Å². The number of nitro groups is 1. The maximum atomic E-state index is 11.8. The van der Waals surface area contributed by atoms with Gasteiger partial charge >= 0.3 is 0 Å². The highest BCUT2D eigenvalue weighted by Crippen LogP contribution is 2.25. The van der Waals surface area contributed by atoms with Gasteiger partial charge in [0.25, 0.3) is 11.6 Å². The van der Waals surface area contributed by atoms with Gasteiger partial charge in [0.15, 0.2) is 0 Å². The van der Waals surface area contributed by atoms with E-state index in [0.717, 1.165) is 0 Å². The molecule has 17 heavy (non-hydrogen) atoms. The zero-order chi connectivity index (χ0) is 13.0. The van der Waals surface area contributed by atoms with Crippen LogP contribution in [0.5, 0.6) is 0 Å². The Kier molecular flexibility index (Phi) is 4.45. The first kappa shape index (κ1) is 13.4. The van der Waals surface area contributed by atoms with E-state index in [9.17, 15) is 14.9 Å². The number of carbonyl (C=O) groups is 1. The van der Waals surface area contributed by atoms with E-state index < -0.39 is 10.8 Å². The van der Waals surface area contributed by atoms with Crippen LogP contribution in [0, 0.1) is 16.0 Å². The number of hydrogen-bond acceptors (Lipinski definition) is 3. The van der Waals surface area contributed by atoms with Crippen molar-refractivity contribution in [1.82, 2.24) is 5.32 Å². The molecule has 1 rings (SSSR count). The molecule has 0 heterocycles. The lowest BCUT2D eigenvalue weighted by Crippen LogP contribution is -2.28. The SMILES string of the molecule is CC(C)CNC(=O)c1c(Cl)cccc1[N+](=O)[O-]. The molecular formula is C11H13ClN2O3. The smallest absolute Gasteiger partial charge is 0.283 e. The van der Waals surface area contributed by atoms with Crippen LogP contribution in [0.2, 0.25) is 5.02 Å². The van der Waals surface area contributed by atoms with Crippen LogP contribution in [0.15, 0.2) is 18.2 Å². The topological polar surface area (TPSA) is 72.2 Å². The fourth-order valence-corrected chi connectivity index (χ4v) is 1.53. The Morgan fingerprint density at radius 1 is 1.53 bits per heavy atom. The number of nitrogens with zero attached hydrogens (tertiary/aromatic N) is 1. The van der Waals surface area contributed by atoms with Crippen LogP contribution in [-0.4, -0.2) is 17.4 Å². The first-order chi connectivity index (χ1) is 7.93. The number of nitrogens with one attached hydrogen (secondary N) is 1. The van der Waals surface area contributed by atoms with Crippen LogP contribution in [0.3, 0.4) is 0 Å². The van der Waals surface area contributed by atoms with Crippen molar-refractivity contribution in [2.75, 3.05) is 6.54 Å². The summed E-state index contributed by atoms with van der Waals surface area (Å²) in [5, 5.41) is 13.5. The van der Waals surface area contributed by atoms with Crippen LogP contribution < -0.4 is 5.32 Å². The van der Waals surface area contributed by atoms with Crippen molar-refractivity contribution in [2.24, 2.45) is 5.92 Å². The molecule has 0 saturated heterocycles. The molecule has 0 fully saturated rings. The Morgan fingerprint density at radius 2 is 2.18 bits per heavy atom. The van der Waals surface area contributed by atoms with E-state index in [-0.39, 0.29) is 22.2 Å². The number of benzene rings is 1. The molecule has 0 aliphatic rings. The second-order valence-electron chi connectivity index (χ2n) is 3.99. The zero-order valence-corrected chi connectivity index (χ0v) is 10.3. The van der Waals surface area contributed by atoms with E-state index in [1.807, 2.05) is 13.8 Å². The van der Waals surface area contributed by atoms with Gasteiger partial charge < -0.3 is 5.32 Å². The third-order valence-corrected chi connectivity index (χ3v) is 2.40. The summed E-state index contributed by atoms with van der Waals surface area (Å²) in [5.74, 6) is -0.253. The Hall–Kier alpha value is -1.62. The summed E-state index contributed by atoms with van der Waals surface area (Å²) in [4.78, 5) is 22.0. The van der Waals surface area contributed by atoms with Crippen molar-refractivity contribution in [3.63, 3.8) is 0 Å². The summed E-state index contributed by atoms with van der Waals surface area (Å²) in [6.07, 6.45) is 0. The molecule has 92 valence electrons. The van der Waals surface area contributed by atoms with Gasteiger partial charge in [-0.1, -0.05) is 31.5 Å². The number of halogens is 1. The van der Waals surface area contributed by atoms with Crippen LogP contribution in [0.4, 0.5) is 5.69 Å². The molecule has 1 aromatic carbocycles. The lowest BCUT2D eigenvalue weighted by molar-refractivity contribution is -0.385. The van der Waals surface area contributed by atoms with Crippen molar-refractivity contribution in [1.29, 1.82) is 0 Å². The molecule has 0 spiro atoms. The average molecular weight is 257 g/mol. The highest BCUT2D eigenvalue weighted by atomic mass is 35.5. The molecule has 0 aliphatic carbocycles. The van der Waals surface area contributed by atoms with E-state index in [2.05, 4.69) is 5.32 Å². The lowest BCUT2D eigenvalue weighted by atomic mass is 10.1. The molecule has 5 nitrogen and oxygen atoms in total. The van der Waals surface area contributed by atoms with E-state index in [1.165, 1.54) is 18.2 Å². The van der Waals surface area contributed by atoms with Crippen molar-refractivity contribution < 1.29 is 9.72 Å².